The zero-order valence-electron chi connectivity index (χ0n) is 16.5. The van der Waals surface area contributed by atoms with Gasteiger partial charge in [-0.2, -0.15) is 0 Å². The fraction of sp³-hybridized carbons (Fsp3) is 0.714. The highest BCUT2D eigenvalue weighted by atomic mass is 16.5. The molecule has 0 aromatic heterocycles. The van der Waals surface area contributed by atoms with E-state index in [0.717, 1.165) is 51.4 Å². The lowest BCUT2D eigenvalue weighted by Crippen LogP contribution is -2.32. The summed E-state index contributed by atoms with van der Waals surface area (Å²) in [6.07, 6.45) is 11.1. The second kappa shape index (κ2) is 16.2. The molecule has 27 heavy (non-hydrogen) atoms. The van der Waals surface area contributed by atoms with Crippen molar-refractivity contribution in [3.8, 4) is 0 Å². The van der Waals surface area contributed by atoms with Crippen LogP contribution in [0.5, 0.6) is 0 Å². The maximum absolute atomic E-state index is 12.0. The number of rotatable bonds is 20. The van der Waals surface area contributed by atoms with E-state index < -0.39 is 17.4 Å². The molecule has 0 fully saturated rings. The molecule has 0 bridgehead atoms. The number of carboxylic acids is 2. The summed E-state index contributed by atoms with van der Waals surface area (Å²) in [5.74, 6) is -1.81. The van der Waals surface area contributed by atoms with E-state index in [1.165, 1.54) is 12.5 Å². The number of hydrogen-bond acceptors (Lipinski definition) is 4. The lowest BCUT2D eigenvalue weighted by atomic mass is 9.74. The van der Waals surface area contributed by atoms with Gasteiger partial charge in [0.25, 0.3) is 0 Å². The summed E-state index contributed by atoms with van der Waals surface area (Å²) in [4.78, 5) is 23.0. The molecule has 0 atom stereocenters. The highest BCUT2D eigenvalue weighted by Gasteiger charge is 2.37. The topological polar surface area (TPSA) is 93.1 Å². The zero-order chi connectivity index (χ0) is 20.4. The van der Waals surface area contributed by atoms with E-state index in [9.17, 15) is 14.7 Å². The third kappa shape index (κ3) is 12.9. The van der Waals surface area contributed by atoms with Crippen molar-refractivity contribution in [3.63, 3.8) is 0 Å². The number of carbonyl (C=O) groups is 2. The number of hydrogen-bond donors (Lipinski definition) is 2. The van der Waals surface area contributed by atoms with E-state index in [2.05, 4.69) is 13.2 Å². The molecule has 0 spiro atoms. The molecule has 0 saturated carbocycles. The van der Waals surface area contributed by atoms with Crippen LogP contribution in [0.4, 0.5) is 0 Å². The Labute approximate surface area is 163 Å². The third-order valence-corrected chi connectivity index (χ3v) is 4.84. The molecular formula is C21H36O6. The fourth-order valence-corrected chi connectivity index (χ4v) is 3.21. The lowest BCUT2D eigenvalue weighted by Gasteiger charge is -2.29. The highest BCUT2D eigenvalue weighted by molar-refractivity contribution is 5.76. The smallest absolute Gasteiger partial charge is 0.309 e. The van der Waals surface area contributed by atoms with Crippen molar-refractivity contribution in [2.45, 2.75) is 77.0 Å². The van der Waals surface area contributed by atoms with Gasteiger partial charge in [0.1, 0.15) is 0 Å². The molecule has 0 amide bonds. The Morgan fingerprint density at radius 3 is 1.56 bits per heavy atom. The van der Waals surface area contributed by atoms with Crippen molar-refractivity contribution in [2.75, 3.05) is 13.2 Å². The lowest BCUT2D eigenvalue weighted by molar-refractivity contribution is -0.151. The van der Waals surface area contributed by atoms with E-state index in [4.69, 9.17) is 14.6 Å². The first kappa shape index (κ1) is 25.0. The molecule has 0 aromatic rings. The Hall–Kier alpha value is -1.98. The predicted molar refractivity (Wildman–Crippen MR) is 105 cm³/mol. The summed E-state index contributed by atoms with van der Waals surface area (Å²) in [7, 11) is 0. The molecule has 0 radical (unpaired) electrons. The van der Waals surface area contributed by atoms with Gasteiger partial charge < -0.3 is 19.7 Å². The third-order valence-electron chi connectivity index (χ3n) is 4.84. The Morgan fingerprint density at radius 2 is 1.19 bits per heavy atom. The van der Waals surface area contributed by atoms with Gasteiger partial charge >= 0.3 is 11.9 Å². The highest BCUT2D eigenvalue weighted by Crippen LogP contribution is 2.37. The Balaban J connectivity index is 4.44. The van der Waals surface area contributed by atoms with Crippen LogP contribution in [0, 0.1) is 5.41 Å². The molecule has 6 nitrogen and oxygen atoms in total. The molecule has 0 aromatic carbocycles. The van der Waals surface area contributed by atoms with E-state index >= 15 is 0 Å². The van der Waals surface area contributed by atoms with E-state index in [1.807, 2.05) is 0 Å². The SMILES string of the molecule is C=COCCCCCCC(CCCCCCOC=C)(CCC(=O)O)C(=O)O. The molecule has 0 aliphatic carbocycles. The van der Waals surface area contributed by atoms with Crippen LogP contribution in [0.2, 0.25) is 0 Å². The molecule has 0 unspecified atom stereocenters. The van der Waals surface area contributed by atoms with Crippen LogP contribution in [0.3, 0.4) is 0 Å². The van der Waals surface area contributed by atoms with Crippen LogP contribution in [0.15, 0.2) is 25.7 Å². The minimum absolute atomic E-state index is 0.105. The molecule has 6 heteroatoms. The van der Waals surface area contributed by atoms with Crippen LogP contribution >= 0.6 is 0 Å². The monoisotopic (exact) mass is 384 g/mol. The van der Waals surface area contributed by atoms with E-state index in [-0.39, 0.29) is 12.8 Å². The van der Waals surface area contributed by atoms with Gasteiger partial charge in [0.05, 0.1) is 31.2 Å². The minimum Gasteiger partial charge on any atom is -0.502 e. The van der Waals surface area contributed by atoms with E-state index in [0.29, 0.717) is 26.1 Å². The van der Waals surface area contributed by atoms with Crippen molar-refractivity contribution in [1.29, 1.82) is 0 Å². The average molecular weight is 385 g/mol. The van der Waals surface area contributed by atoms with Gasteiger partial charge in [-0.05, 0) is 32.1 Å². The van der Waals surface area contributed by atoms with Gasteiger partial charge in [-0.1, -0.05) is 51.7 Å². The maximum atomic E-state index is 12.0. The van der Waals surface area contributed by atoms with Crippen LogP contribution < -0.4 is 0 Å². The maximum Gasteiger partial charge on any atom is 0.309 e. The van der Waals surface area contributed by atoms with Crippen LogP contribution in [0.1, 0.15) is 77.0 Å². The standard InChI is InChI=1S/C21H36O6/c1-3-26-17-11-7-5-9-14-21(20(24)25,16-13-19(22)23)15-10-6-8-12-18-27-4-2/h3-4H,1-2,5-18H2,(H,22,23)(H,24,25). The van der Waals surface area contributed by atoms with Gasteiger partial charge in [-0.3, -0.25) is 9.59 Å². The van der Waals surface area contributed by atoms with Crippen LogP contribution in [0.25, 0.3) is 0 Å². The second-order valence-electron chi connectivity index (χ2n) is 6.88. The van der Waals surface area contributed by atoms with Gasteiger partial charge in [0.15, 0.2) is 0 Å². The molecular weight excluding hydrogens is 348 g/mol. The summed E-state index contributed by atoms with van der Waals surface area (Å²) in [5.41, 5.74) is -0.937. The van der Waals surface area contributed by atoms with Crippen LogP contribution in [-0.2, 0) is 19.1 Å². The largest absolute Gasteiger partial charge is 0.502 e. The van der Waals surface area contributed by atoms with Crippen molar-refractivity contribution < 1.29 is 29.3 Å². The van der Waals surface area contributed by atoms with Crippen molar-refractivity contribution >= 4 is 11.9 Å². The van der Waals surface area contributed by atoms with Gasteiger partial charge in [0.2, 0.25) is 0 Å². The van der Waals surface area contributed by atoms with Gasteiger partial charge in [0, 0.05) is 6.42 Å². The summed E-state index contributed by atoms with van der Waals surface area (Å²) in [6.45, 7) is 8.24. The number of ether oxygens (including phenoxy) is 2. The first-order chi connectivity index (χ1) is 13.0. The molecule has 0 saturated heterocycles. The predicted octanol–water partition coefficient (Wildman–Crippen LogP) is 5.14. The molecule has 156 valence electrons. The molecule has 0 heterocycles. The Bertz CT molecular complexity index is 410. The summed E-state index contributed by atoms with van der Waals surface area (Å²) >= 11 is 0. The molecule has 2 N–H and O–H groups in total. The summed E-state index contributed by atoms with van der Waals surface area (Å²) < 4.78 is 10.1. The van der Waals surface area contributed by atoms with Crippen molar-refractivity contribution in [1.82, 2.24) is 0 Å². The fourth-order valence-electron chi connectivity index (χ4n) is 3.21. The van der Waals surface area contributed by atoms with Crippen molar-refractivity contribution in [2.24, 2.45) is 5.41 Å². The van der Waals surface area contributed by atoms with Gasteiger partial charge in [-0.15, -0.1) is 0 Å². The van der Waals surface area contributed by atoms with Gasteiger partial charge in [-0.25, -0.2) is 0 Å². The molecule has 0 aliphatic heterocycles. The van der Waals surface area contributed by atoms with E-state index in [1.54, 1.807) is 0 Å². The number of unbranched alkanes of at least 4 members (excludes halogenated alkanes) is 6. The normalized spacial score (nSPS) is 11.0. The summed E-state index contributed by atoms with van der Waals surface area (Å²) in [5, 5.41) is 18.8. The first-order valence-corrected chi connectivity index (χ1v) is 9.88. The Kier molecular flexibility index (Phi) is 15.0. The average Bonchev–Trinajstić information content (AvgIpc) is 2.63. The van der Waals surface area contributed by atoms with Crippen LogP contribution in [-0.4, -0.2) is 35.4 Å². The quantitative estimate of drug-likeness (QED) is 0.223. The first-order valence-electron chi connectivity index (χ1n) is 9.88. The Morgan fingerprint density at radius 1 is 0.741 bits per heavy atom. The summed E-state index contributed by atoms with van der Waals surface area (Å²) in [6, 6.07) is 0. The molecule has 0 aliphatic rings. The zero-order valence-corrected chi connectivity index (χ0v) is 16.5. The van der Waals surface area contributed by atoms with Crippen molar-refractivity contribution in [3.05, 3.63) is 25.7 Å². The number of aliphatic carboxylic acids is 2. The number of carboxylic acid groups (broad SMARTS) is 2. The molecule has 0 rings (SSSR count). The minimum atomic E-state index is -0.941. The second-order valence-corrected chi connectivity index (χ2v) is 6.88.